The Morgan fingerprint density at radius 3 is 2.08 bits per heavy atom. The van der Waals surface area contributed by atoms with E-state index in [9.17, 15) is 18.0 Å². The zero-order chi connectivity index (χ0) is 19.2. The van der Waals surface area contributed by atoms with Crippen LogP contribution in [0.5, 0.6) is 0 Å². The first-order valence-corrected chi connectivity index (χ1v) is 7.81. The van der Waals surface area contributed by atoms with Crippen LogP contribution < -0.4 is 0 Å². The van der Waals surface area contributed by atoms with Crippen molar-refractivity contribution in [3.8, 4) is 0 Å². The second-order valence-electron chi connectivity index (χ2n) is 5.46. The molecule has 0 spiro atoms. The Hall–Kier alpha value is -2.38. The Kier molecular flexibility index (Phi) is 6.39. The molecule has 0 saturated carbocycles. The standard InChI is InChI=1S/C19H19F3O4/c1-24-11-12-26-17(23)18(25-2,14-7-4-3-5-8-14)15-9-6-10-16(13-15)19(20,21)22/h3-10,13H,11-12H2,1-2H3. The zero-order valence-electron chi connectivity index (χ0n) is 14.4. The molecule has 140 valence electrons. The summed E-state index contributed by atoms with van der Waals surface area (Å²) in [5.41, 5.74) is -2.30. The summed E-state index contributed by atoms with van der Waals surface area (Å²) in [6.45, 7) is 0.106. The van der Waals surface area contributed by atoms with E-state index in [-0.39, 0.29) is 18.8 Å². The fraction of sp³-hybridized carbons (Fsp3) is 0.316. The zero-order valence-corrected chi connectivity index (χ0v) is 14.4. The van der Waals surface area contributed by atoms with E-state index in [2.05, 4.69) is 0 Å². The van der Waals surface area contributed by atoms with Crippen molar-refractivity contribution in [2.45, 2.75) is 11.8 Å². The molecule has 1 atom stereocenters. The van der Waals surface area contributed by atoms with E-state index in [1.165, 1.54) is 26.4 Å². The van der Waals surface area contributed by atoms with Gasteiger partial charge in [-0.25, -0.2) is 4.79 Å². The molecule has 0 radical (unpaired) electrons. The molecule has 2 aromatic rings. The van der Waals surface area contributed by atoms with E-state index >= 15 is 0 Å². The van der Waals surface area contributed by atoms with Gasteiger partial charge in [0.2, 0.25) is 5.60 Å². The van der Waals surface area contributed by atoms with Gasteiger partial charge in [-0.05, 0) is 17.7 Å². The number of carbonyl (C=O) groups excluding carboxylic acids is 1. The number of hydrogen-bond acceptors (Lipinski definition) is 4. The third-order valence-corrected chi connectivity index (χ3v) is 3.89. The van der Waals surface area contributed by atoms with Crippen LogP contribution in [0.4, 0.5) is 13.2 Å². The summed E-state index contributed by atoms with van der Waals surface area (Å²) in [4.78, 5) is 12.8. The minimum absolute atomic E-state index is 0.0310. The van der Waals surface area contributed by atoms with Crippen LogP contribution in [-0.2, 0) is 30.8 Å². The summed E-state index contributed by atoms with van der Waals surface area (Å²) >= 11 is 0. The van der Waals surface area contributed by atoms with E-state index < -0.39 is 23.3 Å². The first-order chi connectivity index (χ1) is 12.4. The average Bonchev–Trinajstić information content (AvgIpc) is 2.63. The number of halogens is 3. The molecule has 0 aliphatic rings. The molecule has 0 amide bonds. The fourth-order valence-electron chi connectivity index (χ4n) is 2.63. The number of ether oxygens (including phenoxy) is 3. The molecule has 2 aromatic carbocycles. The maximum Gasteiger partial charge on any atom is 0.416 e. The summed E-state index contributed by atoms with van der Waals surface area (Å²) in [5, 5.41) is 0. The smallest absolute Gasteiger partial charge is 0.416 e. The highest BCUT2D eigenvalue weighted by atomic mass is 19.4. The first-order valence-electron chi connectivity index (χ1n) is 7.81. The Labute approximate surface area is 149 Å². The Balaban J connectivity index is 2.59. The lowest BCUT2D eigenvalue weighted by atomic mass is 9.85. The molecule has 4 nitrogen and oxygen atoms in total. The lowest BCUT2D eigenvalue weighted by Gasteiger charge is -2.31. The fourth-order valence-corrected chi connectivity index (χ4v) is 2.63. The lowest BCUT2D eigenvalue weighted by molar-refractivity contribution is -0.167. The van der Waals surface area contributed by atoms with E-state index in [1.807, 2.05) is 0 Å². The van der Waals surface area contributed by atoms with Crippen LogP contribution in [-0.4, -0.2) is 33.4 Å². The summed E-state index contributed by atoms with van der Waals surface area (Å²) in [6, 6.07) is 12.7. The van der Waals surface area contributed by atoms with E-state index in [4.69, 9.17) is 14.2 Å². The highest BCUT2D eigenvalue weighted by Gasteiger charge is 2.45. The molecule has 2 rings (SSSR count). The maximum absolute atomic E-state index is 13.1. The predicted molar refractivity (Wildman–Crippen MR) is 88.5 cm³/mol. The van der Waals surface area contributed by atoms with Gasteiger partial charge in [0.1, 0.15) is 6.61 Å². The number of benzene rings is 2. The Morgan fingerprint density at radius 2 is 1.50 bits per heavy atom. The van der Waals surface area contributed by atoms with Crippen molar-refractivity contribution in [2.75, 3.05) is 27.4 Å². The number of alkyl halides is 3. The van der Waals surface area contributed by atoms with Gasteiger partial charge in [-0.2, -0.15) is 13.2 Å². The molecular weight excluding hydrogens is 349 g/mol. The van der Waals surface area contributed by atoms with Crippen molar-refractivity contribution in [1.29, 1.82) is 0 Å². The van der Waals surface area contributed by atoms with Gasteiger partial charge >= 0.3 is 12.1 Å². The van der Waals surface area contributed by atoms with E-state index in [0.29, 0.717) is 5.56 Å². The molecule has 0 fully saturated rings. The van der Waals surface area contributed by atoms with Crippen LogP contribution in [0.2, 0.25) is 0 Å². The van der Waals surface area contributed by atoms with Gasteiger partial charge < -0.3 is 14.2 Å². The van der Waals surface area contributed by atoms with Crippen molar-refractivity contribution in [2.24, 2.45) is 0 Å². The van der Waals surface area contributed by atoms with Crippen molar-refractivity contribution in [3.63, 3.8) is 0 Å². The third-order valence-electron chi connectivity index (χ3n) is 3.89. The molecule has 26 heavy (non-hydrogen) atoms. The number of methoxy groups -OCH3 is 2. The Morgan fingerprint density at radius 1 is 0.885 bits per heavy atom. The molecule has 0 saturated heterocycles. The maximum atomic E-state index is 13.1. The second kappa shape index (κ2) is 8.33. The number of rotatable bonds is 7. The van der Waals surface area contributed by atoms with Crippen LogP contribution in [0.1, 0.15) is 16.7 Å². The lowest BCUT2D eigenvalue weighted by Crippen LogP contribution is -2.41. The van der Waals surface area contributed by atoms with Crippen LogP contribution in [0.3, 0.4) is 0 Å². The average molecular weight is 368 g/mol. The van der Waals surface area contributed by atoms with Crippen LogP contribution in [0.15, 0.2) is 54.6 Å². The van der Waals surface area contributed by atoms with Crippen molar-refractivity contribution >= 4 is 5.97 Å². The Bertz CT molecular complexity index is 731. The minimum atomic E-state index is -4.55. The van der Waals surface area contributed by atoms with Gasteiger partial charge in [0.05, 0.1) is 12.2 Å². The molecule has 1 unspecified atom stereocenters. The van der Waals surface area contributed by atoms with Gasteiger partial charge in [-0.1, -0.05) is 42.5 Å². The molecule has 0 aromatic heterocycles. The van der Waals surface area contributed by atoms with Gasteiger partial charge in [-0.15, -0.1) is 0 Å². The molecule has 0 bridgehead atoms. The topological polar surface area (TPSA) is 44.8 Å². The molecular formula is C19H19F3O4. The van der Waals surface area contributed by atoms with Crippen molar-refractivity contribution in [3.05, 3.63) is 71.3 Å². The molecule has 0 heterocycles. The highest BCUT2D eigenvalue weighted by Crippen LogP contribution is 2.38. The molecule has 0 N–H and O–H groups in total. The minimum Gasteiger partial charge on any atom is -0.461 e. The quantitative estimate of drug-likeness (QED) is 0.551. The predicted octanol–water partition coefficient (Wildman–Crippen LogP) is 3.79. The SMILES string of the molecule is COCCOC(=O)C(OC)(c1ccccc1)c1cccc(C(F)(F)F)c1. The largest absolute Gasteiger partial charge is 0.461 e. The highest BCUT2D eigenvalue weighted by molar-refractivity contribution is 5.86. The van der Waals surface area contributed by atoms with Gasteiger partial charge in [0, 0.05) is 19.8 Å². The van der Waals surface area contributed by atoms with E-state index in [1.54, 1.807) is 30.3 Å². The molecule has 0 aliphatic carbocycles. The molecule has 0 aliphatic heterocycles. The number of carbonyl (C=O) groups is 1. The van der Waals surface area contributed by atoms with E-state index in [0.717, 1.165) is 12.1 Å². The van der Waals surface area contributed by atoms with Crippen LogP contribution in [0, 0.1) is 0 Å². The first kappa shape index (κ1) is 19.9. The van der Waals surface area contributed by atoms with Crippen molar-refractivity contribution in [1.82, 2.24) is 0 Å². The summed E-state index contributed by atoms with van der Waals surface area (Å²) in [7, 11) is 2.70. The van der Waals surface area contributed by atoms with Crippen LogP contribution >= 0.6 is 0 Å². The third kappa shape index (κ3) is 4.05. The van der Waals surface area contributed by atoms with Gasteiger partial charge in [0.25, 0.3) is 0 Å². The molecule has 7 heteroatoms. The van der Waals surface area contributed by atoms with Crippen LogP contribution in [0.25, 0.3) is 0 Å². The second-order valence-corrected chi connectivity index (χ2v) is 5.46. The van der Waals surface area contributed by atoms with Gasteiger partial charge in [0.15, 0.2) is 0 Å². The van der Waals surface area contributed by atoms with Gasteiger partial charge in [-0.3, -0.25) is 0 Å². The summed E-state index contributed by atoms with van der Waals surface area (Å²) < 4.78 is 55.0. The normalized spacial score (nSPS) is 13.9. The number of esters is 1. The summed E-state index contributed by atoms with van der Waals surface area (Å²) in [6.07, 6.45) is -4.55. The summed E-state index contributed by atoms with van der Waals surface area (Å²) in [5.74, 6) is -0.817. The monoisotopic (exact) mass is 368 g/mol. The van der Waals surface area contributed by atoms with Crippen molar-refractivity contribution < 1.29 is 32.2 Å². The number of hydrogen-bond donors (Lipinski definition) is 0.